The summed E-state index contributed by atoms with van der Waals surface area (Å²) in [4.78, 5) is 28.7. The standard InChI is InChI=1S/C20H16BrN3O2/c1-13-5-2-6-14(11-13)19(25)22-15-7-3-8-16(12-15)23-20(26)17-9-4-10-18(21)24-17/h2-12H,1H3,(H,22,25)(H,23,26). The lowest BCUT2D eigenvalue weighted by atomic mass is 10.1. The molecule has 2 N–H and O–H groups in total. The Hall–Kier alpha value is -2.99. The van der Waals surface area contributed by atoms with Crippen molar-refractivity contribution in [2.24, 2.45) is 0 Å². The van der Waals surface area contributed by atoms with Gasteiger partial charge in [0.2, 0.25) is 0 Å². The Morgan fingerprint density at radius 2 is 1.50 bits per heavy atom. The Morgan fingerprint density at radius 1 is 0.846 bits per heavy atom. The summed E-state index contributed by atoms with van der Waals surface area (Å²) in [5, 5.41) is 5.61. The molecule has 0 aliphatic carbocycles. The van der Waals surface area contributed by atoms with E-state index in [9.17, 15) is 9.59 Å². The van der Waals surface area contributed by atoms with Crippen LogP contribution in [0.1, 0.15) is 26.4 Å². The van der Waals surface area contributed by atoms with Crippen LogP contribution >= 0.6 is 15.9 Å². The SMILES string of the molecule is Cc1cccc(C(=O)Nc2cccc(NC(=O)c3cccc(Br)n3)c2)c1. The number of nitrogens with zero attached hydrogens (tertiary/aromatic N) is 1. The number of carbonyl (C=O) groups is 2. The first-order valence-corrected chi connectivity index (χ1v) is 8.72. The van der Waals surface area contributed by atoms with Crippen LogP contribution < -0.4 is 10.6 Å². The molecule has 6 heteroatoms. The third-order valence-electron chi connectivity index (χ3n) is 3.61. The Morgan fingerprint density at radius 3 is 2.19 bits per heavy atom. The lowest BCUT2D eigenvalue weighted by Crippen LogP contribution is -2.15. The van der Waals surface area contributed by atoms with Gasteiger partial charge in [-0.25, -0.2) is 4.98 Å². The Kier molecular flexibility index (Phi) is 5.43. The third kappa shape index (κ3) is 4.55. The number of benzene rings is 2. The van der Waals surface area contributed by atoms with Gasteiger partial charge in [-0.15, -0.1) is 0 Å². The van der Waals surface area contributed by atoms with Crippen LogP contribution in [0.4, 0.5) is 11.4 Å². The predicted octanol–water partition coefficient (Wildman–Crippen LogP) is 4.66. The van der Waals surface area contributed by atoms with Gasteiger partial charge in [-0.2, -0.15) is 0 Å². The van der Waals surface area contributed by atoms with Gasteiger partial charge in [-0.05, 0) is 65.3 Å². The van der Waals surface area contributed by atoms with Gasteiger partial charge >= 0.3 is 0 Å². The van der Waals surface area contributed by atoms with Gasteiger partial charge in [0, 0.05) is 16.9 Å². The molecule has 2 aromatic carbocycles. The molecule has 0 fully saturated rings. The number of hydrogen-bond acceptors (Lipinski definition) is 3. The second-order valence-electron chi connectivity index (χ2n) is 5.70. The summed E-state index contributed by atoms with van der Waals surface area (Å²) in [5.74, 6) is -0.528. The van der Waals surface area contributed by atoms with Gasteiger partial charge in [-0.1, -0.05) is 29.8 Å². The molecule has 1 aromatic heterocycles. The smallest absolute Gasteiger partial charge is 0.274 e. The molecule has 1 heterocycles. The highest BCUT2D eigenvalue weighted by atomic mass is 79.9. The van der Waals surface area contributed by atoms with Crippen molar-refractivity contribution >= 4 is 39.1 Å². The fourth-order valence-electron chi connectivity index (χ4n) is 2.39. The molecular weight excluding hydrogens is 394 g/mol. The second-order valence-corrected chi connectivity index (χ2v) is 6.52. The van der Waals surface area contributed by atoms with Gasteiger partial charge < -0.3 is 10.6 Å². The lowest BCUT2D eigenvalue weighted by molar-refractivity contribution is 0.101. The molecule has 0 aliphatic rings. The van der Waals surface area contributed by atoms with Gasteiger partial charge in [0.05, 0.1) is 0 Å². The van der Waals surface area contributed by atoms with Crippen LogP contribution in [0.25, 0.3) is 0 Å². The lowest BCUT2D eigenvalue weighted by Gasteiger charge is -2.09. The van der Waals surface area contributed by atoms with Gasteiger partial charge in [0.25, 0.3) is 11.8 Å². The molecule has 130 valence electrons. The zero-order chi connectivity index (χ0) is 18.5. The number of amides is 2. The largest absolute Gasteiger partial charge is 0.322 e. The number of aromatic nitrogens is 1. The summed E-state index contributed by atoms with van der Waals surface area (Å²) < 4.78 is 0.587. The van der Waals surface area contributed by atoms with Crippen molar-refractivity contribution in [1.82, 2.24) is 4.98 Å². The first-order valence-electron chi connectivity index (χ1n) is 7.93. The average Bonchev–Trinajstić information content (AvgIpc) is 2.62. The van der Waals surface area contributed by atoms with Crippen LogP contribution in [-0.2, 0) is 0 Å². The predicted molar refractivity (Wildman–Crippen MR) is 105 cm³/mol. The summed E-state index contributed by atoms with van der Waals surface area (Å²) in [6.07, 6.45) is 0. The summed E-state index contributed by atoms with van der Waals surface area (Å²) in [6, 6.07) is 19.4. The van der Waals surface area contributed by atoms with Crippen molar-refractivity contribution in [1.29, 1.82) is 0 Å². The van der Waals surface area contributed by atoms with Crippen LogP contribution in [-0.4, -0.2) is 16.8 Å². The zero-order valence-electron chi connectivity index (χ0n) is 14.0. The maximum atomic E-state index is 12.3. The Labute approximate surface area is 159 Å². The molecule has 0 aliphatic heterocycles. The topological polar surface area (TPSA) is 71.1 Å². The molecule has 3 aromatic rings. The average molecular weight is 410 g/mol. The van der Waals surface area contributed by atoms with Gasteiger partial charge in [0.1, 0.15) is 10.3 Å². The number of rotatable bonds is 4. The highest BCUT2D eigenvalue weighted by Crippen LogP contribution is 2.17. The minimum atomic E-state index is -0.325. The third-order valence-corrected chi connectivity index (χ3v) is 4.05. The fraction of sp³-hybridized carbons (Fsp3) is 0.0500. The number of carbonyl (C=O) groups excluding carboxylic acids is 2. The summed E-state index contributed by atoms with van der Waals surface area (Å²) in [5.41, 5.74) is 3.06. The van der Waals surface area contributed by atoms with E-state index < -0.39 is 0 Å². The maximum Gasteiger partial charge on any atom is 0.274 e. The van der Waals surface area contributed by atoms with E-state index in [1.165, 1.54) is 0 Å². The number of nitrogens with one attached hydrogen (secondary N) is 2. The van der Waals surface area contributed by atoms with E-state index in [0.717, 1.165) is 5.56 Å². The molecule has 3 rings (SSSR count). The highest BCUT2D eigenvalue weighted by molar-refractivity contribution is 9.10. The van der Waals surface area contributed by atoms with E-state index >= 15 is 0 Å². The fourth-order valence-corrected chi connectivity index (χ4v) is 2.74. The maximum absolute atomic E-state index is 12.3. The molecule has 0 saturated carbocycles. The molecule has 0 unspecified atom stereocenters. The highest BCUT2D eigenvalue weighted by Gasteiger charge is 2.10. The van der Waals surface area contributed by atoms with E-state index in [0.29, 0.717) is 27.2 Å². The van der Waals surface area contributed by atoms with Crippen molar-refractivity contribution in [3.63, 3.8) is 0 Å². The minimum absolute atomic E-state index is 0.203. The van der Waals surface area contributed by atoms with Crippen molar-refractivity contribution in [2.75, 3.05) is 10.6 Å². The number of halogens is 1. The molecule has 26 heavy (non-hydrogen) atoms. The molecule has 5 nitrogen and oxygen atoms in total. The number of anilines is 2. The monoisotopic (exact) mass is 409 g/mol. The van der Waals surface area contributed by atoms with E-state index in [1.54, 1.807) is 48.5 Å². The first kappa shape index (κ1) is 17.8. The molecule has 0 bridgehead atoms. The van der Waals surface area contributed by atoms with Crippen molar-refractivity contribution in [3.05, 3.63) is 88.2 Å². The van der Waals surface area contributed by atoms with Crippen LogP contribution in [0.3, 0.4) is 0 Å². The number of hydrogen-bond donors (Lipinski definition) is 2. The van der Waals surface area contributed by atoms with E-state index in [2.05, 4.69) is 31.5 Å². The Balaban J connectivity index is 1.72. The molecule has 0 spiro atoms. The first-order chi connectivity index (χ1) is 12.5. The summed E-state index contributed by atoms with van der Waals surface area (Å²) in [7, 11) is 0. The number of aryl methyl sites for hydroxylation is 1. The van der Waals surface area contributed by atoms with Crippen LogP contribution in [0.5, 0.6) is 0 Å². The molecule has 0 atom stereocenters. The van der Waals surface area contributed by atoms with E-state index in [-0.39, 0.29) is 11.8 Å². The van der Waals surface area contributed by atoms with Crippen LogP contribution in [0.15, 0.2) is 71.3 Å². The van der Waals surface area contributed by atoms with Crippen LogP contribution in [0.2, 0.25) is 0 Å². The van der Waals surface area contributed by atoms with Crippen molar-refractivity contribution in [2.45, 2.75) is 6.92 Å². The molecule has 2 amide bonds. The quantitative estimate of drug-likeness (QED) is 0.615. The Bertz CT molecular complexity index is 898. The molecule has 0 saturated heterocycles. The minimum Gasteiger partial charge on any atom is -0.322 e. The summed E-state index contributed by atoms with van der Waals surface area (Å²) >= 11 is 3.24. The molecule has 0 radical (unpaired) electrons. The number of pyridine rings is 1. The van der Waals surface area contributed by atoms with Crippen molar-refractivity contribution < 1.29 is 9.59 Å². The van der Waals surface area contributed by atoms with Gasteiger partial charge in [-0.3, -0.25) is 9.59 Å². The normalized spacial score (nSPS) is 10.2. The molecular formula is C20H16BrN3O2. The van der Waals surface area contributed by atoms with E-state index in [4.69, 9.17) is 0 Å². The van der Waals surface area contributed by atoms with Crippen LogP contribution in [0, 0.1) is 6.92 Å². The second kappa shape index (κ2) is 7.93. The summed E-state index contributed by atoms with van der Waals surface area (Å²) in [6.45, 7) is 1.93. The van der Waals surface area contributed by atoms with Crippen molar-refractivity contribution in [3.8, 4) is 0 Å². The van der Waals surface area contributed by atoms with Gasteiger partial charge in [0.15, 0.2) is 0 Å². The zero-order valence-corrected chi connectivity index (χ0v) is 15.6. The van der Waals surface area contributed by atoms with E-state index in [1.807, 2.05) is 25.1 Å².